The Morgan fingerprint density at radius 2 is 2.04 bits per heavy atom. The number of aromatic nitrogens is 2. The third-order valence-corrected chi connectivity index (χ3v) is 4.03. The maximum absolute atomic E-state index is 13.1. The number of hydrogen-bond acceptors (Lipinski definition) is 4. The summed E-state index contributed by atoms with van der Waals surface area (Å²) in [6.45, 7) is 0. The molecule has 3 aromatic rings. The zero-order valence-electron chi connectivity index (χ0n) is 12.4. The summed E-state index contributed by atoms with van der Waals surface area (Å²) >= 11 is 3.16. The molecule has 0 radical (unpaired) electrons. The number of nitrogens with one attached hydrogen (secondary N) is 2. The predicted octanol–water partition coefficient (Wildman–Crippen LogP) is 3.50. The molecule has 0 aliphatic heterocycles. The molecule has 0 unspecified atom stereocenters. The van der Waals surface area contributed by atoms with Gasteiger partial charge in [0.05, 0.1) is 18.2 Å². The Labute approximate surface area is 144 Å². The smallest absolute Gasteiger partial charge is 0.359 e. The van der Waals surface area contributed by atoms with Gasteiger partial charge in [-0.05, 0) is 52.3 Å². The molecule has 1 heterocycles. The molecule has 3 rings (SSSR count). The Balaban J connectivity index is 1.92. The van der Waals surface area contributed by atoms with Crippen molar-refractivity contribution >= 4 is 44.4 Å². The van der Waals surface area contributed by atoms with Gasteiger partial charge in [-0.1, -0.05) is 0 Å². The van der Waals surface area contributed by atoms with Crippen molar-refractivity contribution in [3.63, 3.8) is 0 Å². The van der Waals surface area contributed by atoms with Crippen LogP contribution in [0.25, 0.3) is 10.9 Å². The van der Waals surface area contributed by atoms with Crippen molar-refractivity contribution in [1.29, 1.82) is 0 Å². The molecule has 0 fully saturated rings. The fraction of sp³-hybridized carbons (Fsp3) is 0.0625. The van der Waals surface area contributed by atoms with Crippen LogP contribution in [0.4, 0.5) is 10.1 Å². The van der Waals surface area contributed by atoms with Crippen molar-refractivity contribution in [2.75, 3.05) is 12.4 Å². The zero-order valence-corrected chi connectivity index (χ0v) is 14.0. The molecule has 0 spiro atoms. The van der Waals surface area contributed by atoms with Crippen molar-refractivity contribution < 1.29 is 18.7 Å². The standard InChI is InChI=1S/C16H11BrFN3O3/c1-24-16(23)14-11-7-9(3-5-13(11)20-21-14)19-15(22)10-4-2-8(18)6-12(10)17/h2-7H,1H3,(H,19,22)(H,20,21). The van der Waals surface area contributed by atoms with Crippen LogP contribution in [-0.4, -0.2) is 29.2 Å². The number of rotatable bonds is 3. The fourth-order valence-corrected chi connectivity index (χ4v) is 2.75. The second-order valence-electron chi connectivity index (χ2n) is 4.90. The van der Waals surface area contributed by atoms with Crippen LogP contribution in [0.3, 0.4) is 0 Å². The first kappa shape index (κ1) is 16.1. The highest BCUT2D eigenvalue weighted by atomic mass is 79.9. The number of amides is 1. The molecular formula is C16H11BrFN3O3. The Morgan fingerprint density at radius 3 is 2.75 bits per heavy atom. The number of carbonyl (C=O) groups excluding carboxylic acids is 2. The van der Waals surface area contributed by atoms with Gasteiger partial charge in [0, 0.05) is 15.5 Å². The van der Waals surface area contributed by atoms with Gasteiger partial charge in [-0.3, -0.25) is 9.89 Å². The van der Waals surface area contributed by atoms with Crippen LogP contribution in [0, 0.1) is 5.82 Å². The van der Waals surface area contributed by atoms with Crippen LogP contribution in [0.2, 0.25) is 0 Å². The van der Waals surface area contributed by atoms with Gasteiger partial charge in [-0.25, -0.2) is 9.18 Å². The second kappa shape index (κ2) is 6.40. The lowest BCUT2D eigenvalue weighted by Crippen LogP contribution is -2.12. The Hall–Kier alpha value is -2.74. The summed E-state index contributed by atoms with van der Waals surface area (Å²) in [4.78, 5) is 24.0. The summed E-state index contributed by atoms with van der Waals surface area (Å²) in [7, 11) is 1.26. The molecule has 24 heavy (non-hydrogen) atoms. The van der Waals surface area contributed by atoms with Gasteiger partial charge in [0.2, 0.25) is 0 Å². The maximum atomic E-state index is 13.1. The summed E-state index contributed by atoms with van der Waals surface area (Å²) in [5.74, 6) is -1.43. The highest BCUT2D eigenvalue weighted by molar-refractivity contribution is 9.10. The summed E-state index contributed by atoms with van der Waals surface area (Å²) in [6.07, 6.45) is 0. The third-order valence-electron chi connectivity index (χ3n) is 3.38. The van der Waals surface area contributed by atoms with Crippen molar-refractivity contribution in [3.05, 3.63) is 57.9 Å². The SMILES string of the molecule is COC(=O)c1n[nH]c2ccc(NC(=O)c3ccc(F)cc3Br)cc12. The van der Waals surface area contributed by atoms with E-state index in [1.807, 2.05) is 0 Å². The van der Waals surface area contributed by atoms with Crippen LogP contribution in [0.5, 0.6) is 0 Å². The average molecular weight is 392 g/mol. The van der Waals surface area contributed by atoms with Crippen molar-refractivity contribution in [2.45, 2.75) is 0 Å². The lowest BCUT2D eigenvalue weighted by Gasteiger charge is -2.07. The molecule has 0 aliphatic carbocycles. The van der Waals surface area contributed by atoms with Gasteiger partial charge in [0.15, 0.2) is 5.69 Å². The molecule has 2 N–H and O–H groups in total. The molecule has 2 aromatic carbocycles. The predicted molar refractivity (Wildman–Crippen MR) is 89.5 cm³/mol. The molecule has 1 aromatic heterocycles. The van der Waals surface area contributed by atoms with Crippen LogP contribution < -0.4 is 5.32 Å². The summed E-state index contributed by atoms with van der Waals surface area (Å²) in [6, 6.07) is 8.75. The van der Waals surface area contributed by atoms with Crippen molar-refractivity contribution in [1.82, 2.24) is 10.2 Å². The number of carbonyl (C=O) groups is 2. The van der Waals surface area contributed by atoms with Crippen LogP contribution >= 0.6 is 15.9 Å². The number of hydrogen-bond donors (Lipinski definition) is 2. The normalized spacial score (nSPS) is 10.6. The number of fused-ring (bicyclic) bond motifs is 1. The number of esters is 1. The van der Waals surface area contributed by atoms with E-state index < -0.39 is 17.7 Å². The van der Waals surface area contributed by atoms with E-state index in [-0.39, 0.29) is 11.3 Å². The summed E-state index contributed by atoms with van der Waals surface area (Å²) in [5.41, 5.74) is 1.52. The lowest BCUT2D eigenvalue weighted by molar-refractivity contribution is 0.0596. The fourth-order valence-electron chi connectivity index (χ4n) is 2.22. The molecule has 0 bridgehead atoms. The first-order chi connectivity index (χ1) is 11.5. The second-order valence-corrected chi connectivity index (χ2v) is 5.76. The third kappa shape index (κ3) is 3.00. The van der Waals surface area contributed by atoms with Crippen molar-refractivity contribution in [2.24, 2.45) is 0 Å². The van der Waals surface area contributed by atoms with Gasteiger partial charge in [0.1, 0.15) is 5.82 Å². The first-order valence-electron chi connectivity index (χ1n) is 6.82. The van der Waals surface area contributed by atoms with Gasteiger partial charge in [0.25, 0.3) is 5.91 Å². The molecule has 1 amide bonds. The lowest BCUT2D eigenvalue weighted by atomic mass is 10.1. The quantitative estimate of drug-likeness (QED) is 0.669. The van der Waals surface area contributed by atoms with Crippen LogP contribution in [-0.2, 0) is 4.74 Å². The Bertz CT molecular complexity index is 955. The molecule has 0 atom stereocenters. The highest BCUT2D eigenvalue weighted by Crippen LogP contribution is 2.23. The number of H-pyrrole nitrogens is 1. The topological polar surface area (TPSA) is 84.1 Å². The van der Waals surface area contributed by atoms with E-state index in [4.69, 9.17) is 0 Å². The van der Waals surface area contributed by atoms with Gasteiger partial charge >= 0.3 is 5.97 Å². The largest absolute Gasteiger partial charge is 0.464 e. The average Bonchev–Trinajstić information content (AvgIpc) is 2.97. The van der Waals surface area contributed by atoms with E-state index in [0.717, 1.165) is 0 Å². The zero-order chi connectivity index (χ0) is 17.3. The molecular weight excluding hydrogens is 381 g/mol. The van der Waals surface area contributed by atoms with E-state index in [0.29, 0.717) is 21.1 Å². The number of halogens is 2. The van der Waals surface area contributed by atoms with E-state index in [1.54, 1.807) is 18.2 Å². The minimum atomic E-state index is -0.578. The molecule has 0 aliphatic rings. The van der Waals surface area contributed by atoms with E-state index >= 15 is 0 Å². The van der Waals surface area contributed by atoms with E-state index in [2.05, 4.69) is 36.2 Å². The number of benzene rings is 2. The number of ether oxygens (including phenoxy) is 1. The molecule has 0 saturated carbocycles. The molecule has 0 saturated heterocycles. The summed E-state index contributed by atoms with van der Waals surface area (Å²) in [5, 5.41) is 9.85. The number of aromatic amines is 1. The van der Waals surface area contributed by atoms with E-state index in [9.17, 15) is 14.0 Å². The van der Waals surface area contributed by atoms with Gasteiger partial charge < -0.3 is 10.1 Å². The number of methoxy groups -OCH3 is 1. The van der Waals surface area contributed by atoms with Crippen molar-refractivity contribution in [3.8, 4) is 0 Å². The molecule has 8 heteroatoms. The highest BCUT2D eigenvalue weighted by Gasteiger charge is 2.16. The number of anilines is 1. The monoisotopic (exact) mass is 391 g/mol. The maximum Gasteiger partial charge on any atom is 0.359 e. The van der Waals surface area contributed by atoms with Gasteiger partial charge in [-0.2, -0.15) is 5.10 Å². The summed E-state index contributed by atoms with van der Waals surface area (Å²) < 4.78 is 18.1. The number of nitrogens with zero attached hydrogens (tertiary/aromatic N) is 1. The Morgan fingerprint density at radius 1 is 1.25 bits per heavy atom. The minimum Gasteiger partial charge on any atom is -0.464 e. The van der Waals surface area contributed by atoms with Gasteiger partial charge in [-0.15, -0.1) is 0 Å². The van der Waals surface area contributed by atoms with Crippen LogP contribution in [0.1, 0.15) is 20.8 Å². The first-order valence-corrected chi connectivity index (χ1v) is 7.61. The molecule has 122 valence electrons. The minimum absolute atomic E-state index is 0.131. The Kier molecular flexibility index (Phi) is 4.30. The van der Waals surface area contributed by atoms with Crippen LogP contribution in [0.15, 0.2) is 40.9 Å². The molecule has 6 nitrogen and oxygen atoms in total. The van der Waals surface area contributed by atoms with E-state index in [1.165, 1.54) is 25.3 Å².